The molecule has 0 aliphatic heterocycles. The molecule has 1 N–H and O–H groups in total. The Morgan fingerprint density at radius 1 is 0.806 bits per heavy atom. The molecule has 0 bridgehead atoms. The lowest BCUT2D eigenvalue weighted by Gasteiger charge is -2.22. The van der Waals surface area contributed by atoms with Gasteiger partial charge in [-0.1, -0.05) is 60.2 Å². The third-order valence-electron chi connectivity index (χ3n) is 5.17. The Morgan fingerprint density at radius 2 is 1.45 bits per heavy atom. The van der Waals surface area contributed by atoms with Crippen molar-refractivity contribution in [2.24, 2.45) is 0 Å². The molecular weight excluding hydrogens is 408 g/mol. The first-order chi connectivity index (χ1) is 14.9. The summed E-state index contributed by atoms with van der Waals surface area (Å²) in [6, 6.07) is 26.8. The van der Waals surface area contributed by atoms with Crippen LogP contribution in [0, 0.1) is 6.92 Å². The van der Waals surface area contributed by atoms with E-state index in [-0.39, 0.29) is 16.4 Å². The molecule has 0 spiro atoms. The van der Waals surface area contributed by atoms with E-state index in [1.807, 2.05) is 49.4 Å². The number of rotatable bonds is 5. The van der Waals surface area contributed by atoms with E-state index < -0.39 is 10.0 Å². The maximum Gasteiger partial charge on any atom is 0.264 e. The molecule has 6 heteroatoms. The first-order valence-electron chi connectivity index (χ1n) is 9.81. The number of hydrogen-bond acceptors (Lipinski definition) is 3. The van der Waals surface area contributed by atoms with Gasteiger partial charge in [-0.15, -0.1) is 0 Å². The fraction of sp³-hybridized carbons (Fsp3) is 0.0800. The largest absolute Gasteiger partial charge is 0.322 e. The maximum absolute atomic E-state index is 13.1. The van der Waals surface area contributed by atoms with Crippen molar-refractivity contribution >= 4 is 38.1 Å². The van der Waals surface area contributed by atoms with E-state index in [0.29, 0.717) is 11.4 Å². The molecule has 0 saturated heterocycles. The van der Waals surface area contributed by atoms with Gasteiger partial charge in [-0.2, -0.15) is 0 Å². The number of carbonyl (C=O) groups excluding carboxylic acids is 1. The van der Waals surface area contributed by atoms with Crippen molar-refractivity contribution in [1.29, 1.82) is 0 Å². The van der Waals surface area contributed by atoms with Crippen LogP contribution in [0.2, 0.25) is 0 Å². The number of amides is 1. The Balaban J connectivity index is 1.65. The van der Waals surface area contributed by atoms with Gasteiger partial charge in [-0.3, -0.25) is 9.10 Å². The van der Waals surface area contributed by atoms with Crippen molar-refractivity contribution in [2.45, 2.75) is 11.8 Å². The average molecular weight is 431 g/mol. The van der Waals surface area contributed by atoms with E-state index in [1.54, 1.807) is 48.5 Å². The van der Waals surface area contributed by atoms with E-state index >= 15 is 0 Å². The Kier molecular flexibility index (Phi) is 5.48. The second-order valence-electron chi connectivity index (χ2n) is 7.32. The topological polar surface area (TPSA) is 66.5 Å². The highest BCUT2D eigenvalue weighted by Crippen LogP contribution is 2.27. The predicted molar refractivity (Wildman–Crippen MR) is 125 cm³/mol. The van der Waals surface area contributed by atoms with Gasteiger partial charge in [0, 0.05) is 12.7 Å². The van der Waals surface area contributed by atoms with E-state index in [9.17, 15) is 13.2 Å². The Bertz CT molecular complexity index is 1360. The number of sulfonamides is 1. The van der Waals surface area contributed by atoms with Crippen molar-refractivity contribution in [2.75, 3.05) is 16.7 Å². The number of benzene rings is 4. The van der Waals surface area contributed by atoms with Crippen molar-refractivity contribution in [3.63, 3.8) is 0 Å². The summed E-state index contributed by atoms with van der Waals surface area (Å²) < 4.78 is 27.4. The van der Waals surface area contributed by atoms with E-state index in [1.165, 1.54) is 7.05 Å². The summed E-state index contributed by atoms with van der Waals surface area (Å²) >= 11 is 0. The van der Waals surface area contributed by atoms with Crippen molar-refractivity contribution in [1.82, 2.24) is 0 Å². The minimum Gasteiger partial charge on any atom is -0.322 e. The van der Waals surface area contributed by atoms with Crippen molar-refractivity contribution < 1.29 is 13.2 Å². The summed E-state index contributed by atoms with van der Waals surface area (Å²) in [5.41, 5.74) is 2.19. The molecule has 0 aliphatic carbocycles. The predicted octanol–water partition coefficient (Wildman–Crippen LogP) is 5.23. The zero-order chi connectivity index (χ0) is 22.0. The molecule has 31 heavy (non-hydrogen) atoms. The molecule has 0 aromatic heterocycles. The smallest absolute Gasteiger partial charge is 0.264 e. The summed E-state index contributed by atoms with van der Waals surface area (Å²) in [5.74, 6) is -0.378. The molecule has 0 saturated carbocycles. The summed E-state index contributed by atoms with van der Waals surface area (Å²) in [5, 5.41) is 4.96. The highest BCUT2D eigenvalue weighted by Gasteiger charge is 2.25. The molecule has 0 fully saturated rings. The molecule has 0 radical (unpaired) electrons. The molecule has 0 heterocycles. The van der Waals surface area contributed by atoms with Crippen LogP contribution in [-0.2, 0) is 10.0 Å². The SMILES string of the molecule is Cc1ccc(S(=O)(=O)N(C)c2ccccc2C(=O)Nc2ccc3ccccc3c2)cc1. The third-order valence-corrected chi connectivity index (χ3v) is 6.96. The average Bonchev–Trinajstić information content (AvgIpc) is 2.78. The highest BCUT2D eigenvalue weighted by atomic mass is 32.2. The van der Waals surface area contributed by atoms with E-state index in [2.05, 4.69) is 5.32 Å². The normalized spacial score (nSPS) is 11.3. The van der Waals surface area contributed by atoms with Crippen LogP contribution in [0.25, 0.3) is 10.8 Å². The van der Waals surface area contributed by atoms with Crippen LogP contribution in [0.4, 0.5) is 11.4 Å². The van der Waals surface area contributed by atoms with Gasteiger partial charge in [-0.05, 0) is 54.1 Å². The van der Waals surface area contributed by atoms with Gasteiger partial charge < -0.3 is 5.32 Å². The van der Waals surface area contributed by atoms with Crippen molar-refractivity contribution in [3.05, 3.63) is 102 Å². The Hall–Kier alpha value is -3.64. The van der Waals surface area contributed by atoms with Crippen LogP contribution < -0.4 is 9.62 Å². The first-order valence-corrected chi connectivity index (χ1v) is 11.2. The van der Waals surface area contributed by atoms with E-state index in [4.69, 9.17) is 0 Å². The van der Waals surface area contributed by atoms with Crippen LogP contribution >= 0.6 is 0 Å². The number of anilines is 2. The third kappa shape index (κ3) is 4.15. The van der Waals surface area contributed by atoms with Crippen molar-refractivity contribution in [3.8, 4) is 0 Å². The molecule has 4 aromatic rings. The minimum absolute atomic E-state index is 0.172. The van der Waals surface area contributed by atoms with Crippen LogP contribution in [0.1, 0.15) is 15.9 Å². The lowest BCUT2D eigenvalue weighted by atomic mass is 10.1. The maximum atomic E-state index is 13.1. The number of nitrogens with one attached hydrogen (secondary N) is 1. The number of fused-ring (bicyclic) bond motifs is 1. The molecule has 156 valence electrons. The fourth-order valence-electron chi connectivity index (χ4n) is 3.40. The summed E-state index contributed by atoms with van der Waals surface area (Å²) in [4.78, 5) is 13.2. The standard InChI is InChI=1S/C25H22N2O3S/c1-18-11-15-22(16-12-18)31(29,30)27(2)24-10-6-5-9-23(24)25(28)26-21-14-13-19-7-3-4-8-20(19)17-21/h3-17H,1-2H3,(H,26,28). The Morgan fingerprint density at radius 3 is 2.19 bits per heavy atom. The lowest BCUT2D eigenvalue weighted by molar-refractivity contribution is 0.102. The van der Waals surface area contributed by atoms with Crippen LogP contribution in [-0.4, -0.2) is 21.4 Å². The molecular formula is C25H22N2O3S. The molecule has 0 unspecified atom stereocenters. The van der Waals surface area contributed by atoms with E-state index in [0.717, 1.165) is 20.6 Å². The molecule has 5 nitrogen and oxygen atoms in total. The van der Waals surface area contributed by atoms with Gasteiger partial charge in [0.25, 0.3) is 15.9 Å². The summed E-state index contributed by atoms with van der Waals surface area (Å²) in [6.45, 7) is 1.90. The number of aryl methyl sites for hydroxylation is 1. The fourth-order valence-corrected chi connectivity index (χ4v) is 4.62. The second kappa shape index (κ2) is 8.24. The number of para-hydroxylation sites is 1. The van der Waals surface area contributed by atoms with Crippen LogP contribution in [0.15, 0.2) is 95.9 Å². The summed E-state index contributed by atoms with van der Waals surface area (Å²) in [7, 11) is -2.36. The monoisotopic (exact) mass is 430 g/mol. The first kappa shape index (κ1) is 20.6. The van der Waals surface area contributed by atoms with Crippen LogP contribution in [0.5, 0.6) is 0 Å². The van der Waals surface area contributed by atoms with Crippen LogP contribution in [0.3, 0.4) is 0 Å². The lowest BCUT2D eigenvalue weighted by Crippen LogP contribution is -2.29. The molecule has 1 amide bonds. The molecule has 4 rings (SSSR count). The van der Waals surface area contributed by atoms with Gasteiger partial charge in [0.05, 0.1) is 16.1 Å². The number of carbonyl (C=O) groups is 1. The molecule has 4 aromatic carbocycles. The number of nitrogens with zero attached hydrogens (tertiary/aromatic N) is 1. The number of hydrogen-bond donors (Lipinski definition) is 1. The summed E-state index contributed by atoms with van der Waals surface area (Å²) in [6.07, 6.45) is 0. The van der Waals surface area contributed by atoms with Gasteiger partial charge in [0.2, 0.25) is 0 Å². The zero-order valence-corrected chi connectivity index (χ0v) is 18.1. The Labute approximate surface area is 182 Å². The molecule has 0 atom stereocenters. The van der Waals surface area contributed by atoms with Gasteiger partial charge in [0.15, 0.2) is 0 Å². The van der Waals surface area contributed by atoms with Gasteiger partial charge in [0.1, 0.15) is 0 Å². The second-order valence-corrected chi connectivity index (χ2v) is 9.29. The highest BCUT2D eigenvalue weighted by molar-refractivity contribution is 7.92. The minimum atomic E-state index is -3.81. The van der Waals surface area contributed by atoms with Gasteiger partial charge >= 0.3 is 0 Å². The zero-order valence-electron chi connectivity index (χ0n) is 17.2. The quantitative estimate of drug-likeness (QED) is 0.472. The molecule has 0 aliphatic rings. The van der Waals surface area contributed by atoms with Gasteiger partial charge in [-0.25, -0.2) is 8.42 Å².